The molecule has 48 heavy (non-hydrogen) atoms. The largest absolute Gasteiger partial charge is 0.309 e. The van der Waals surface area contributed by atoms with Crippen LogP contribution in [0.5, 0.6) is 0 Å². The van der Waals surface area contributed by atoms with Gasteiger partial charge in [-0.15, -0.1) is 0 Å². The van der Waals surface area contributed by atoms with Crippen LogP contribution in [0.2, 0.25) is 0 Å². The molecule has 0 fully saturated rings. The van der Waals surface area contributed by atoms with Gasteiger partial charge >= 0.3 is 0 Å². The van der Waals surface area contributed by atoms with Gasteiger partial charge in [0.05, 0.1) is 17.1 Å². The zero-order valence-corrected chi connectivity index (χ0v) is 26.4. The highest BCUT2D eigenvalue weighted by atomic mass is 15.2. The minimum absolute atomic E-state index is 1.11. The second kappa shape index (κ2) is 11.8. The van der Waals surface area contributed by atoms with Crippen LogP contribution >= 0.6 is 0 Å². The predicted molar refractivity (Wildman–Crippen MR) is 206 cm³/mol. The van der Waals surface area contributed by atoms with Gasteiger partial charge in [0.2, 0.25) is 0 Å². The van der Waals surface area contributed by atoms with E-state index in [1.54, 1.807) is 0 Å². The summed E-state index contributed by atoms with van der Waals surface area (Å²) in [6.45, 7) is 0. The molecule has 9 rings (SSSR count). The zero-order chi connectivity index (χ0) is 31.9. The molecule has 9 aromatic carbocycles. The third-order valence-electron chi connectivity index (χ3n) is 9.33. The molecule has 0 heterocycles. The molecule has 0 aliphatic heterocycles. The Kier molecular flexibility index (Phi) is 6.84. The van der Waals surface area contributed by atoms with Gasteiger partial charge in [0.25, 0.3) is 0 Å². The summed E-state index contributed by atoms with van der Waals surface area (Å²) < 4.78 is 0. The van der Waals surface area contributed by atoms with Crippen molar-refractivity contribution >= 4 is 77.2 Å². The first kappa shape index (κ1) is 27.9. The Morgan fingerprint density at radius 2 is 0.625 bits per heavy atom. The van der Waals surface area contributed by atoms with Gasteiger partial charge in [0.15, 0.2) is 0 Å². The van der Waals surface area contributed by atoms with Gasteiger partial charge in [-0.1, -0.05) is 140 Å². The molecule has 0 atom stereocenters. The molecule has 2 nitrogen and oxygen atoms in total. The molecule has 0 N–H and O–H groups in total. The van der Waals surface area contributed by atoms with Crippen molar-refractivity contribution in [3.8, 4) is 0 Å². The minimum atomic E-state index is 1.11. The SMILES string of the molecule is c1ccc(N(c2ccccc2)c2c3ccccc3c(N(c3ccccc3)c3cccc4ccccc34)c3cc4ccccc4cc23)cc1. The van der Waals surface area contributed by atoms with Crippen molar-refractivity contribution in [2.75, 3.05) is 9.80 Å². The lowest BCUT2D eigenvalue weighted by molar-refractivity contribution is 1.30. The number of anilines is 6. The number of fused-ring (bicyclic) bond motifs is 4. The average molecular weight is 613 g/mol. The number of hydrogen-bond donors (Lipinski definition) is 0. The Morgan fingerprint density at radius 3 is 1.15 bits per heavy atom. The van der Waals surface area contributed by atoms with Gasteiger partial charge in [0, 0.05) is 44.0 Å². The van der Waals surface area contributed by atoms with Crippen molar-refractivity contribution < 1.29 is 0 Å². The van der Waals surface area contributed by atoms with Gasteiger partial charge < -0.3 is 9.80 Å². The summed E-state index contributed by atoms with van der Waals surface area (Å²) in [6.07, 6.45) is 0. The van der Waals surface area contributed by atoms with Crippen LogP contribution in [0.25, 0.3) is 43.1 Å². The fourth-order valence-electron chi connectivity index (χ4n) is 7.23. The van der Waals surface area contributed by atoms with Crippen molar-refractivity contribution in [2.45, 2.75) is 0 Å². The molecule has 0 bridgehead atoms. The van der Waals surface area contributed by atoms with E-state index in [-0.39, 0.29) is 0 Å². The van der Waals surface area contributed by atoms with Crippen LogP contribution in [-0.2, 0) is 0 Å². The van der Waals surface area contributed by atoms with Crippen molar-refractivity contribution in [1.29, 1.82) is 0 Å². The second-order valence-corrected chi connectivity index (χ2v) is 12.2. The third-order valence-corrected chi connectivity index (χ3v) is 9.33. The Hall–Kier alpha value is -6.38. The Labute approximate surface area is 280 Å². The molecule has 0 unspecified atom stereocenters. The van der Waals surface area contributed by atoms with Crippen LogP contribution in [0, 0.1) is 0 Å². The first-order valence-corrected chi connectivity index (χ1v) is 16.5. The Morgan fingerprint density at radius 1 is 0.250 bits per heavy atom. The molecule has 0 saturated heterocycles. The maximum atomic E-state index is 2.47. The predicted octanol–water partition coefficient (Wildman–Crippen LogP) is 13.2. The molecule has 226 valence electrons. The van der Waals surface area contributed by atoms with Crippen LogP contribution in [-0.4, -0.2) is 0 Å². The third kappa shape index (κ3) is 4.66. The normalized spacial score (nSPS) is 11.3. The van der Waals surface area contributed by atoms with E-state index in [1.807, 2.05) is 0 Å². The Bertz CT molecular complexity index is 2510. The molecule has 9 aromatic rings. The fraction of sp³-hybridized carbons (Fsp3) is 0. The average Bonchev–Trinajstić information content (AvgIpc) is 3.16. The van der Waals surface area contributed by atoms with E-state index in [0.29, 0.717) is 0 Å². The van der Waals surface area contributed by atoms with Crippen molar-refractivity contribution in [1.82, 2.24) is 0 Å². The van der Waals surface area contributed by atoms with Crippen LogP contribution in [0.4, 0.5) is 34.1 Å². The Balaban J connectivity index is 1.48. The molecular formula is C46H32N2. The summed E-state index contributed by atoms with van der Waals surface area (Å²) in [5.74, 6) is 0. The van der Waals surface area contributed by atoms with Gasteiger partial charge in [0.1, 0.15) is 0 Å². The molecule has 0 aromatic heterocycles. The highest BCUT2D eigenvalue weighted by Gasteiger charge is 2.26. The fourth-order valence-corrected chi connectivity index (χ4v) is 7.23. The van der Waals surface area contributed by atoms with Gasteiger partial charge in [-0.2, -0.15) is 0 Å². The number of para-hydroxylation sites is 3. The van der Waals surface area contributed by atoms with E-state index in [4.69, 9.17) is 0 Å². The molecular weight excluding hydrogens is 581 g/mol. The summed E-state index contributed by atoms with van der Waals surface area (Å²) >= 11 is 0. The van der Waals surface area contributed by atoms with E-state index in [0.717, 1.165) is 22.7 Å². The first-order valence-electron chi connectivity index (χ1n) is 16.5. The summed E-state index contributed by atoms with van der Waals surface area (Å²) in [5.41, 5.74) is 6.83. The lowest BCUT2D eigenvalue weighted by Crippen LogP contribution is -2.14. The standard InChI is InChI=1S/C46H32N2/c1-4-21-36(22-5-1)47(37-23-6-2-7-24-37)45-40-28-14-15-29-41(40)46(43-32-35-19-11-10-18-34(35)31-42(43)45)48(38-25-8-3-9-26-38)44-30-16-20-33-17-12-13-27-39(33)44/h1-32H. The van der Waals surface area contributed by atoms with Gasteiger partial charge in [-0.25, -0.2) is 0 Å². The summed E-state index contributed by atoms with van der Waals surface area (Å²) in [5, 5.41) is 9.60. The molecule has 0 spiro atoms. The van der Waals surface area contributed by atoms with E-state index in [9.17, 15) is 0 Å². The number of rotatable bonds is 6. The van der Waals surface area contributed by atoms with E-state index >= 15 is 0 Å². The number of benzene rings is 9. The lowest BCUT2D eigenvalue weighted by atomic mass is 9.93. The maximum Gasteiger partial charge on any atom is 0.0620 e. The molecule has 2 heteroatoms. The first-order chi connectivity index (χ1) is 23.8. The van der Waals surface area contributed by atoms with Crippen LogP contribution in [0.3, 0.4) is 0 Å². The van der Waals surface area contributed by atoms with E-state index in [2.05, 4.69) is 204 Å². The molecule has 0 amide bonds. The smallest absolute Gasteiger partial charge is 0.0620 e. The van der Waals surface area contributed by atoms with E-state index in [1.165, 1.54) is 54.5 Å². The monoisotopic (exact) mass is 612 g/mol. The second-order valence-electron chi connectivity index (χ2n) is 12.2. The van der Waals surface area contributed by atoms with Crippen LogP contribution in [0.15, 0.2) is 194 Å². The highest BCUT2D eigenvalue weighted by Crippen LogP contribution is 2.52. The summed E-state index contributed by atoms with van der Waals surface area (Å²) in [7, 11) is 0. The topological polar surface area (TPSA) is 6.48 Å². The molecule has 0 aliphatic rings. The molecule has 0 radical (unpaired) electrons. The van der Waals surface area contributed by atoms with Crippen molar-refractivity contribution in [3.05, 3.63) is 194 Å². The number of nitrogens with zero attached hydrogens (tertiary/aromatic N) is 2. The van der Waals surface area contributed by atoms with E-state index < -0.39 is 0 Å². The van der Waals surface area contributed by atoms with Gasteiger partial charge in [-0.05, 0) is 70.8 Å². The van der Waals surface area contributed by atoms with Crippen molar-refractivity contribution in [2.24, 2.45) is 0 Å². The van der Waals surface area contributed by atoms with Crippen LogP contribution in [0.1, 0.15) is 0 Å². The molecule has 0 saturated carbocycles. The highest BCUT2D eigenvalue weighted by molar-refractivity contribution is 6.26. The summed E-state index contributed by atoms with van der Waals surface area (Å²) in [6, 6.07) is 70.0. The lowest BCUT2D eigenvalue weighted by Gasteiger charge is -2.33. The van der Waals surface area contributed by atoms with Gasteiger partial charge in [-0.3, -0.25) is 0 Å². The zero-order valence-electron chi connectivity index (χ0n) is 26.4. The quantitative estimate of drug-likeness (QED) is 0.136. The van der Waals surface area contributed by atoms with Crippen molar-refractivity contribution in [3.63, 3.8) is 0 Å². The minimum Gasteiger partial charge on any atom is -0.309 e. The molecule has 0 aliphatic carbocycles. The maximum absolute atomic E-state index is 2.47. The number of hydrogen-bond acceptors (Lipinski definition) is 2. The summed E-state index contributed by atoms with van der Waals surface area (Å²) in [4.78, 5) is 4.90. The van der Waals surface area contributed by atoms with Crippen LogP contribution < -0.4 is 9.80 Å².